The number of hydrogen-bond acceptors (Lipinski definition) is 3. The molecule has 1 atom stereocenters. The summed E-state index contributed by atoms with van der Waals surface area (Å²) in [6.07, 6.45) is 21.6. The Labute approximate surface area is 176 Å². The van der Waals surface area contributed by atoms with Crippen LogP contribution in [0.5, 0.6) is 0 Å². The third-order valence-electron chi connectivity index (χ3n) is 4.82. The van der Waals surface area contributed by atoms with Crippen LogP contribution >= 0.6 is 11.8 Å². The van der Waals surface area contributed by atoms with Crippen LogP contribution in [0.2, 0.25) is 0 Å². The van der Waals surface area contributed by atoms with E-state index >= 15 is 0 Å². The summed E-state index contributed by atoms with van der Waals surface area (Å²) in [5.41, 5.74) is 0. The Morgan fingerprint density at radius 3 is 1.89 bits per heavy atom. The molecule has 0 aromatic rings. The minimum absolute atomic E-state index is 0.206. The quantitative estimate of drug-likeness (QED) is 0.155. The van der Waals surface area contributed by atoms with E-state index in [-0.39, 0.29) is 12.8 Å². The van der Waals surface area contributed by atoms with E-state index in [1.54, 1.807) is 11.8 Å². The molecule has 0 heterocycles. The topological polar surface area (TPSA) is 74.6 Å². The summed E-state index contributed by atoms with van der Waals surface area (Å²) in [5, 5.41) is 17.8. The molecule has 0 aromatic carbocycles. The summed E-state index contributed by atoms with van der Waals surface area (Å²) >= 11 is 1.75. The largest absolute Gasteiger partial charge is 0.481 e. The summed E-state index contributed by atoms with van der Waals surface area (Å²) in [4.78, 5) is 21.3. The van der Waals surface area contributed by atoms with Crippen molar-refractivity contribution in [2.24, 2.45) is 0 Å². The van der Waals surface area contributed by atoms with E-state index in [4.69, 9.17) is 10.2 Å². The van der Waals surface area contributed by atoms with E-state index in [0.717, 1.165) is 18.6 Å². The zero-order valence-corrected chi connectivity index (χ0v) is 18.7. The minimum Gasteiger partial charge on any atom is -0.481 e. The van der Waals surface area contributed by atoms with Crippen molar-refractivity contribution in [2.75, 3.05) is 5.75 Å². The van der Waals surface area contributed by atoms with Gasteiger partial charge in [0.1, 0.15) is 0 Å². The standard InChI is InChI=1S/C23H42O4S/c1-2-3-4-5-6-7-8-9-10-11-12-13-16-21(17-14-18-22(24)25)28-20-15-19-23(26)27/h13,16,21H,2-12,14-15,17-20H2,1H3,(H,24,25)(H,26,27). The molecule has 1 unspecified atom stereocenters. The van der Waals surface area contributed by atoms with Gasteiger partial charge in [-0.2, -0.15) is 11.8 Å². The number of unbranched alkanes of at least 4 members (excludes halogenated alkanes) is 10. The summed E-state index contributed by atoms with van der Waals surface area (Å²) in [5.74, 6) is -0.685. The van der Waals surface area contributed by atoms with E-state index in [9.17, 15) is 9.59 Å². The van der Waals surface area contributed by atoms with Crippen molar-refractivity contribution in [1.82, 2.24) is 0 Å². The van der Waals surface area contributed by atoms with Crippen molar-refractivity contribution in [3.63, 3.8) is 0 Å². The maximum atomic E-state index is 10.7. The van der Waals surface area contributed by atoms with Crippen LogP contribution in [0.3, 0.4) is 0 Å². The molecular weight excluding hydrogens is 372 g/mol. The van der Waals surface area contributed by atoms with Crippen molar-refractivity contribution in [3.05, 3.63) is 12.2 Å². The first-order chi connectivity index (χ1) is 13.6. The van der Waals surface area contributed by atoms with Gasteiger partial charge in [-0.25, -0.2) is 0 Å². The van der Waals surface area contributed by atoms with Crippen molar-refractivity contribution in [3.8, 4) is 0 Å². The molecule has 0 aromatic heterocycles. The monoisotopic (exact) mass is 414 g/mol. The number of hydrogen-bond donors (Lipinski definition) is 2. The average molecular weight is 415 g/mol. The van der Waals surface area contributed by atoms with E-state index < -0.39 is 11.9 Å². The van der Waals surface area contributed by atoms with Gasteiger partial charge in [0.2, 0.25) is 0 Å². The smallest absolute Gasteiger partial charge is 0.303 e. The van der Waals surface area contributed by atoms with Crippen LogP contribution in [0.4, 0.5) is 0 Å². The van der Waals surface area contributed by atoms with Crippen LogP contribution in [0.1, 0.15) is 110 Å². The number of aliphatic carboxylic acids is 2. The van der Waals surface area contributed by atoms with Gasteiger partial charge < -0.3 is 10.2 Å². The molecule has 0 saturated heterocycles. The Morgan fingerprint density at radius 2 is 1.32 bits per heavy atom. The molecule has 164 valence electrons. The molecule has 4 nitrogen and oxygen atoms in total. The first-order valence-electron chi connectivity index (χ1n) is 11.3. The predicted octanol–water partition coefficient (Wildman–Crippen LogP) is 7.08. The molecule has 0 saturated carbocycles. The van der Waals surface area contributed by atoms with Crippen molar-refractivity contribution in [1.29, 1.82) is 0 Å². The van der Waals surface area contributed by atoms with Gasteiger partial charge in [-0.05, 0) is 37.9 Å². The molecular formula is C23H42O4S. The van der Waals surface area contributed by atoms with Gasteiger partial charge in [0.15, 0.2) is 0 Å². The molecule has 2 N–H and O–H groups in total. The number of thioether (sulfide) groups is 1. The molecule has 0 amide bonds. The van der Waals surface area contributed by atoms with Crippen LogP contribution in [0.25, 0.3) is 0 Å². The number of carboxylic acid groups (broad SMARTS) is 2. The van der Waals surface area contributed by atoms with Gasteiger partial charge in [0.05, 0.1) is 0 Å². The SMILES string of the molecule is CCCCCCCCCCCCC=CC(CCCC(=O)O)SCCCC(=O)O. The number of carboxylic acids is 2. The lowest BCUT2D eigenvalue weighted by Crippen LogP contribution is -2.04. The molecule has 0 aliphatic rings. The molecule has 28 heavy (non-hydrogen) atoms. The Kier molecular flexibility index (Phi) is 20.0. The molecule has 0 aliphatic heterocycles. The van der Waals surface area contributed by atoms with E-state index in [1.165, 1.54) is 64.2 Å². The normalized spacial score (nSPS) is 12.5. The van der Waals surface area contributed by atoms with Crippen LogP contribution in [0, 0.1) is 0 Å². The predicted molar refractivity (Wildman–Crippen MR) is 120 cm³/mol. The van der Waals surface area contributed by atoms with Crippen LogP contribution in [-0.2, 0) is 9.59 Å². The van der Waals surface area contributed by atoms with Gasteiger partial charge >= 0.3 is 11.9 Å². The van der Waals surface area contributed by atoms with Gasteiger partial charge in [-0.1, -0.05) is 76.9 Å². The van der Waals surface area contributed by atoms with Gasteiger partial charge in [0, 0.05) is 18.1 Å². The Bertz CT molecular complexity index is 409. The van der Waals surface area contributed by atoms with E-state index in [1.807, 2.05) is 0 Å². The van der Waals surface area contributed by atoms with Gasteiger partial charge in [-0.15, -0.1) is 0 Å². The lowest BCUT2D eigenvalue weighted by molar-refractivity contribution is -0.138. The second-order valence-corrected chi connectivity index (χ2v) is 8.94. The maximum Gasteiger partial charge on any atom is 0.303 e. The average Bonchev–Trinajstić information content (AvgIpc) is 2.65. The third-order valence-corrected chi connectivity index (χ3v) is 6.17. The van der Waals surface area contributed by atoms with Crippen molar-refractivity contribution >= 4 is 23.7 Å². The highest BCUT2D eigenvalue weighted by atomic mass is 32.2. The lowest BCUT2D eigenvalue weighted by Gasteiger charge is -2.11. The fourth-order valence-electron chi connectivity index (χ4n) is 3.15. The lowest BCUT2D eigenvalue weighted by atomic mass is 10.1. The van der Waals surface area contributed by atoms with Crippen LogP contribution in [0.15, 0.2) is 12.2 Å². The second kappa shape index (κ2) is 20.8. The highest BCUT2D eigenvalue weighted by Crippen LogP contribution is 2.21. The Morgan fingerprint density at radius 1 is 0.786 bits per heavy atom. The van der Waals surface area contributed by atoms with Gasteiger partial charge in [0.25, 0.3) is 0 Å². The second-order valence-electron chi connectivity index (χ2n) is 7.59. The first kappa shape index (κ1) is 27.0. The Balaban J connectivity index is 3.81. The summed E-state index contributed by atoms with van der Waals surface area (Å²) in [6.45, 7) is 2.25. The van der Waals surface area contributed by atoms with Crippen molar-refractivity contribution in [2.45, 2.75) is 115 Å². The molecule has 0 spiro atoms. The highest BCUT2D eigenvalue weighted by molar-refractivity contribution is 8.00. The summed E-state index contributed by atoms with van der Waals surface area (Å²) in [7, 11) is 0. The van der Waals surface area contributed by atoms with E-state index in [2.05, 4.69) is 19.1 Å². The Hall–Kier alpha value is -0.970. The number of carbonyl (C=O) groups is 2. The summed E-state index contributed by atoms with van der Waals surface area (Å²) < 4.78 is 0. The first-order valence-corrected chi connectivity index (χ1v) is 12.3. The molecule has 0 rings (SSSR count). The molecule has 5 heteroatoms. The zero-order chi connectivity index (χ0) is 20.9. The van der Waals surface area contributed by atoms with E-state index in [0.29, 0.717) is 18.1 Å². The minimum atomic E-state index is -0.750. The molecule has 0 aliphatic carbocycles. The molecule has 0 fully saturated rings. The fourth-order valence-corrected chi connectivity index (χ4v) is 4.31. The molecule has 0 radical (unpaired) electrons. The van der Waals surface area contributed by atoms with Crippen molar-refractivity contribution < 1.29 is 19.8 Å². The number of rotatable bonds is 21. The fraction of sp³-hybridized carbons (Fsp3) is 0.826. The van der Waals surface area contributed by atoms with Gasteiger partial charge in [-0.3, -0.25) is 9.59 Å². The third kappa shape index (κ3) is 21.3. The summed E-state index contributed by atoms with van der Waals surface area (Å²) in [6, 6.07) is 0. The zero-order valence-electron chi connectivity index (χ0n) is 17.9. The highest BCUT2D eigenvalue weighted by Gasteiger charge is 2.08. The number of allylic oxidation sites excluding steroid dienone is 1. The maximum absolute atomic E-state index is 10.7. The molecule has 0 bridgehead atoms. The van der Waals surface area contributed by atoms with Crippen LogP contribution < -0.4 is 0 Å². The van der Waals surface area contributed by atoms with Crippen LogP contribution in [-0.4, -0.2) is 33.2 Å².